The van der Waals surface area contributed by atoms with E-state index in [9.17, 15) is 9.59 Å². The maximum atomic E-state index is 11.7. The molecule has 1 aliphatic rings. The minimum absolute atomic E-state index is 0.0660. The molecule has 0 radical (unpaired) electrons. The van der Waals surface area contributed by atoms with Gasteiger partial charge in [-0.3, -0.25) is 4.79 Å². The van der Waals surface area contributed by atoms with E-state index in [2.05, 4.69) is 5.32 Å². The first-order valence-corrected chi connectivity index (χ1v) is 6.43. The molecule has 0 bridgehead atoms. The van der Waals surface area contributed by atoms with Crippen molar-refractivity contribution in [3.8, 4) is 0 Å². The molecule has 0 unspecified atom stereocenters. The Kier molecular flexibility index (Phi) is 4.59. The number of carboxylic acid groups (broad SMARTS) is 1. The Hall–Kier alpha value is -1.26. The van der Waals surface area contributed by atoms with Gasteiger partial charge >= 0.3 is 12.1 Å². The van der Waals surface area contributed by atoms with Gasteiger partial charge in [-0.2, -0.15) is 0 Å². The minimum atomic E-state index is -0.779. The second kappa shape index (κ2) is 5.59. The third kappa shape index (κ3) is 4.20. The molecule has 5 nitrogen and oxygen atoms in total. The van der Waals surface area contributed by atoms with Crippen LogP contribution in [0, 0.1) is 11.8 Å². The van der Waals surface area contributed by atoms with Crippen molar-refractivity contribution in [3.63, 3.8) is 0 Å². The van der Waals surface area contributed by atoms with E-state index in [4.69, 9.17) is 9.84 Å². The zero-order valence-electron chi connectivity index (χ0n) is 11.5. The second-order valence-corrected chi connectivity index (χ2v) is 5.99. The average molecular weight is 257 g/mol. The number of hydrogen-bond acceptors (Lipinski definition) is 3. The molecule has 0 aromatic heterocycles. The Morgan fingerprint density at radius 2 is 1.89 bits per heavy atom. The molecule has 1 fully saturated rings. The summed E-state index contributed by atoms with van der Waals surface area (Å²) in [6.45, 7) is 7.28. The van der Waals surface area contributed by atoms with Gasteiger partial charge in [-0.15, -0.1) is 0 Å². The Labute approximate surface area is 108 Å². The van der Waals surface area contributed by atoms with Crippen molar-refractivity contribution >= 4 is 12.1 Å². The Morgan fingerprint density at radius 3 is 2.39 bits per heavy atom. The van der Waals surface area contributed by atoms with Crippen LogP contribution in [0.3, 0.4) is 0 Å². The minimum Gasteiger partial charge on any atom is -0.481 e. The van der Waals surface area contributed by atoms with Crippen LogP contribution in [-0.4, -0.2) is 28.8 Å². The quantitative estimate of drug-likeness (QED) is 0.796. The molecule has 2 N–H and O–H groups in total. The van der Waals surface area contributed by atoms with Crippen molar-refractivity contribution in [3.05, 3.63) is 0 Å². The summed E-state index contributed by atoms with van der Waals surface area (Å²) >= 11 is 0. The summed E-state index contributed by atoms with van der Waals surface area (Å²) in [5.74, 6) is -1.22. The van der Waals surface area contributed by atoms with E-state index in [0.717, 1.165) is 12.8 Å². The van der Waals surface area contributed by atoms with Crippen LogP contribution < -0.4 is 5.32 Å². The molecule has 0 spiro atoms. The molecule has 1 aliphatic carbocycles. The van der Waals surface area contributed by atoms with Gasteiger partial charge in [-0.05, 0) is 39.5 Å². The van der Waals surface area contributed by atoms with Gasteiger partial charge < -0.3 is 15.2 Å². The topological polar surface area (TPSA) is 75.6 Å². The monoisotopic (exact) mass is 257 g/mol. The first-order chi connectivity index (χ1) is 8.20. The van der Waals surface area contributed by atoms with Crippen LogP contribution in [0.4, 0.5) is 4.79 Å². The van der Waals surface area contributed by atoms with Gasteiger partial charge in [0.1, 0.15) is 5.60 Å². The SMILES string of the molecule is C[C@H]1[C@@H](C(=O)O)CCC[C@H]1NC(=O)OC(C)(C)C. The number of ether oxygens (including phenoxy) is 1. The number of alkyl carbamates (subject to hydrolysis) is 1. The second-order valence-electron chi connectivity index (χ2n) is 5.99. The zero-order valence-corrected chi connectivity index (χ0v) is 11.5. The van der Waals surface area contributed by atoms with Crippen molar-refractivity contribution < 1.29 is 19.4 Å². The molecule has 0 aromatic rings. The van der Waals surface area contributed by atoms with E-state index in [-0.39, 0.29) is 17.9 Å². The van der Waals surface area contributed by atoms with Gasteiger partial charge in [0.25, 0.3) is 0 Å². The molecular weight excluding hydrogens is 234 g/mol. The van der Waals surface area contributed by atoms with Crippen LogP contribution in [0.2, 0.25) is 0 Å². The lowest BCUT2D eigenvalue weighted by Gasteiger charge is -2.34. The van der Waals surface area contributed by atoms with E-state index in [1.54, 1.807) is 20.8 Å². The van der Waals surface area contributed by atoms with E-state index in [0.29, 0.717) is 6.42 Å². The number of hydrogen-bond donors (Lipinski definition) is 2. The number of amides is 1. The van der Waals surface area contributed by atoms with E-state index >= 15 is 0 Å². The van der Waals surface area contributed by atoms with Crippen LogP contribution in [0.1, 0.15) is 47.0 Å². The highest BCUT2D eigenvalue weighted by molar-refractivity contribution is 5.71. The van der Waals surface area contributed by atoms with Gasteiger partial charge in [-0.25, -0.2) is 4.79 Å². The van der Waals surface area contributed by atoms with Crippen molar-refractivity contribution in [2.45, 2.75) is 58.6 Å². The molecular formula is C13H23NO4. The summed E-state index contributed by atoms with van der Waals surface area (Å²) in [4.78, 5) is 22.7. The average Bonchev–Trinajstić information content (AvgIpc) is 2.17. The van der Waals surface area contributed by atoms with Crippen LogP contribution in [-0.2, 0) is 9.53 Å². The van der Waals surface area contributed by atoms with Gasteiger partial charge in [0.15, 0.2) is 0 Å². The molecule has 1 amide bonds. The maximum Gasteiger partial charge on any atom is 0.407 e. The molecule has 18 heavy (non-hydrogen) atoms. The van der Waals surface area contributed by atoms with E-state index in [1.807, 2.05) is 6.92 Å². The molecule has 0 saturated heterocycles. The first kappa shape index (κ1) is 14.8. The molecule has 5 heteroatoms. The number of aliphatic carboxylic acids is 1. The molecule has 104 valence electrons. The third-order valence-electron chi connectivity index (χ3n) is 3.32. The molecule has 3 atom stereocenters. The summed E-state index contributed by atoms with van der Waals surface area (Å²) in [5.41, 5.74) is -0.534. The number of carboxylic acids is 1. The molecule has 1 rings (SSSR count). The van der Waals surface area contributed by atoms with Gasteiger partial charge in [-0.1, -0.05) is 13.3 Å². The van der Waals surface area contributed by atoms with Crippen molar-refractivity contribution in [2.75, 3.05) is 0 Å². The number of carbonyl (C=O) groups is 2. The van der Waals surface area contributed by atoms with Crippen LogP contribution in [0.25, 0.3) is 0 Å². The Morgan fingerprint density at radius 1 is 1.28 bits per heavy atom. The highest BCUT2D eigenvalue weighted by Gasteiger charge is 2.35. The first-order valence-electron chi connectivity index (χ1n) is 6.43. The van der Waals surface area contributed by atoms with Crippen LogP contribution >= 0.6 is 0 Å². The van der Waals surface area contributed by atoms with Crippen LogP contribution in [0.15, 0.2) is 0 Å². The molecule has 0 aromatic carbocycles. The van der Waals surface area contributed by atoms with Gasteiger partial charge in [0.05, 0.1) is 5.92 Å². The summed E-state index contributed by atoms with van der Waals surface area (Å²) in [7, 11) is 0. The lowest BCUT2D eigenvalue weighted by Crippen LogP contribution is -2.47. The lowest BCUT2D eigenvalue weighted by molar-refractivity contribution is -0.145. The van der Waals surface area contributed by atoms with Crippen molar-refractivity contribution in [2.24, 2.45) is 11.8 Å². The van der Waals surface area contributed by atoms with Gasteiger partial charge in [0.2, 0.25) is 0 Å². The standard InChI is InChI=1S/C13H23NO4/c1-8-9(11(15)16)6-5-7-10(8)14-12(17)18-13(2,3)4/h8-10H,5-7H2,1-4H3,(H,14,17)(H,15,16)/t8-,9-,10+/m0/s1. The lowest BCUT2D eigenvalue weighted by atomic mass is 9.77. The zero-order chi connectivity index (χ0) is 13.9. The molecule has 0 aliphatic heterocycles. The maximum absolute atomic E-state index is 11.7. The fourth-order valence-corrected chi connectivity index (χ4v) is 2.37. The number of carbonyl (C=O) groups excluding carboxylic acids is 1. The van der Waals surface area contributed by atoms with E-state index < -0.39 is 17.7 Å². The van der Waals surface area contributed by atoms with Crippen molar-refractivity contribution in [1.82, 2.24) is 5.32 Å². The van der Waals surface area contributed by atoms with E-state index in [1.165, 1.54) is 0 Å². The predicted molar refractivity (Wildman–Crippen MR) is 67.3 cm³/mol. The highest BCUT2D eigenvalue weighted by Crippen LogP contribution is 2.30. The third-order valence-corrected chi connectivity index (χ3v) is 3.32. The van der Waals surface area contributed by atoms with Crippen LogP contribution in [0.5, 0.6) is 0 Å². The summed E-state index contributed by atoms with van der Waals surface area (Å²) in [5, 5.41) is 11.9. The summed E-state index contributed by atoms with van der Waals surface area (Å²) in [6.07, 6.45) is 1.85. The normalized spacial score (nSPS) is 28.6. The molecule has 0 heterocycles. The summed E-state index contributed by atoms with van der Waals surface area (Å²) < 4.78 is 5.19. The predicted octanol–water partition coefficient (Wildman–Crippen LogP) is 2.40. The number of nitrogens with one attached hydrogen (secondary N) is 1. The van der Waals surface area contributed by atoms with Gasteiger partial charge in [0, 0.05) is 6.04 Å². The smallest absolute Gasteiger partial charge is 0.407 e. The fourth-order valence-electron chi connectivity index (χ4n) is 2.37. The highest BCUT2D eigenvalue weighted by atomic mass is 16.6. The number of rotatable bonds is 2. The summed E-state index contributed by atoms with van der Waals surface area (Å²) in [6, 6.07) is -0.116. The molecule has 1 saturated carbocycles. The Bertz CT molecular complexity index is 321. The largest absolute Gasteiger partial charge is 0.481 e. The Balaban J connectivity index is 2.56. The fraction of sp³-hybridized carbons (Fsp3) is 0.846. The van der Waals surface area contributed by atoms with Crippen molar-refractivity contribution in [1.29, 1.82) is 0 Å².